The van der Waals surface area contributed by atoms with Crippen LogP contribution in [0, 0.1) is 5.92 Å². The lowest BCUT2D eigenvalue weighted by atomic mass is 10.1. The second-order valence-corrected chi connectivity index (χ2v) is 3.45. The number of aliphatic hydroxyl groups is 1. The zero-order chi connectivity index (χ0) is 10.0. The molecular formula is C9H18O4. The minimum atomic E-state index is -0.514. The van der Waals surface area contributed by atoms with Crippen molar-refractivity contribution < 1.29 is 19.3 Å². The van der Waals surface area contributed by atoms with E-state index in [0.717, 1.165) is 0 Å². The molecule has 0 spiro atoms. The van der Waals surface area contributed by atoms with Gasteiger partial charge in [-0.2, -0.15) is 0 Å². The van der Waals surface area contributed by atoms with E-state index in [9.17, 15) is 5.11 Å². The molecule has 13 heavy (non-hydrogen) atoms. The molecule has 0 aromatic rings. The van der Waals surface area contributed by atoms with Gasteiger partial charge in [0.25, 0.3) is 0 Å². The highest BCUT2D eigenvalue weighted by atomic mass is 16.6. The summed E-state index contributed by atoms with van der Waals surface area (Å²) in [6.07, 6.45) is -1.07. The van der Waals surface area contributed by atoms with Crippen molar-refractivity contribution >= 4 is 0 Å². The van der Waals surface area contributed by atoms with E-state index in [1.807, 2.05) is 6.92 Å². The van der Waals surface area contributed by atoms with Gasteiger partial charge in [-0.15, -0.1) is 0 Å². The number of ether oxygens (including phenoxy) is 3. The average molecular weight is 190 g/mol. The summed E-state index contributed by atoms with van der Waals surface area (Å²) in [5, 5.41) is 9.78. The second-order valence-electron chi connectivity index (χ2n) is 3.45. The first-order valence-electron chi connectivity index (χ1n) is 4.43. The zero-order valence-electron chi connectivity index (χ0n) is 8.56. The minimum absolute atomic E-state index is 0.0416. The fourth-order valence-electron chi connectivity index (χ4n) is 2.06. The Morgan fingerprint density at radius 3 is 1.69 bits per heavy atom. The van der Waals surface area contributed by atoms with Gasteiger partial charge in [-0.1, -0.05) is 6.92 Å². The van der Waals surface area contributed by atoms with Gasteiger partial charge >= 0.3 is 0 Å². The van der Waals surface area contributed by atoms with Crippen molar-refractivity contribution in [3.8, 4) is 0 Å². The van der Waals surface area contributed by atoms with E-state index >= 15 is 0 Å². The second kappa shape index (κ2) is 4.37. The molecule has 4 nitrogen and oxygen atoms in total. The van der Waals surface area contributed by atoms with Crippen molar-refractivity contribution in [2.45, 2.75) is 31.3 Å². The molecule has 2 unspecified atom stereocenters. The summed E-state index contributed by atoms with van der Waals surface area (Å²) in [6.45, 7) is 1.93. The summed E-state index contributed by atoms with van der Waals surface area (Å²) in [6, 6.07) is 0. The molecule has 78 valence electrons. The van der Waals surface area contributed by atoms with Crippen LogP contribution in [0.5, 0.6) is 0 Å². The van der Waals surface area contributed by atoms with E-state index in [-0.39, 0.29) is 24.2 Å². The third-order valence-electron chi connectivity index (χ3n) is 2.86. The van der Waals surface area contributed by atoms with E-state index < -0.39 is 6.10 Å². The number of rotatable bonds is 3. The van der Waals surface area contributed by atoms with Crippen LogP contribution in [0.25, 0.3) is 0 Å². The molecule has 1 aliphatic rings. The highest BCUT2D eigenvalue weighted by Gasteiger charge is 2.48. The lowest BCUT2D eigenvalue weighted by molar-refractivity contribution is -0.0884. The molecule has 0 amide bonds. The Balaban J connectivity index is 2.76. The van der Waals surface area contributed by atoms with Gasteiger partial charge in [-0.25, -0.2) is 0 Å². The van der Waals surface area contributed by atoms with Crippen molar-refractivity contribution in [2.24, 2.45) is 5.92 Å². The molecule has 1 fully saturated rings. The summed E-state index contributed by atoms with van der Waals surface area (Å²) in [4.78, 5) is 0. The largest absolute Gasteiger partial charge is 0.390 e. The van der Waals surface area contributed by atoms with Crippen LogP contribution < -0.4 is 0 Å². The van der Waals surface area contributed by atoms with Crippen LogP contribution in [0.4, 0.5) is 0 Å². The Kier molecular flexibility index (Phi) is 3.67. The molecule has 1 saturated carbocycles. The predicted octanol–water partition coefficient (Wildman–Crippen LogP) is 0.0420. The van der Waals surface area contributed by atoms with Gasteiger partial charge in [0.15, 0.2) is 0 Å². The standard InChI is InChI=1S/C9H18O4/c1-5-6(10)8(12-3)9(13-4)7(5)11-2/h5-10H,1-4H3/t5?,6?,7-,8+,9+/m1/s1. The van der Waals surface area contributed by atoms with Gasteiger partial charge in [-0.3, -0.25) is 0 Å². The van der Waals surface area contributed by atoms with Crippen LogP contribution >= 0.6 is 0 Å². The van der Waals surface area contributed by atoms with Gasteiger partial charge in [0.05, 0.1) is 12.2 Å². The normalized spacial score (nSPS) is 45.5. The van der Waals surface area contributed by atoms with Crippen LogP contribution in [-0.4, -0.2) is 50.9 Å². The Hall–Kier alpha value is -0.160. The van der Waals surface area contributed by atoms with Crippen LogP contribution in [0.1, 0.15) is 6.92 Å². The molecule has 5 atom stereocenters. The Bertz CT molecular complexity index is 146. The Morgan fingerprint density at radius 2 is 1.31 bits per heavy atom. The smallest absolute Gasteiger partial charge is 0.112 e. The predicted molar refractivity (Wildman–Crippen MR) is 47.6 cm³/mol. The molecule has 0 aliphatic heterocycles. The van der Waals surface area contributed by atoms with Crippen molar-refractivity contribution in [3.05, 3.63) is 0 Å². The van der Waals surface area contributed by atoms with Crippen molar-refractivity contribution in [2.75, 3.05) is 21.3 Å². The minimum Gasteiger partial charge on any atom is -0.390 e. The first-order chi connectivity index (χ1) is 6.17. The van der Waals surface area contributed by atoms with Gasteiger partial charge < -0.3 is 19.3 Å². The molecule has 0 radical (unpaired) electrons. The summed E-state index contributed by atoms with van der Waals surface area (Å²) < 4.78 is 15.7. The van der Waals surface area contributed by atoms with E-state index in [1.165, 1.54) is 0 Å². The summed E-state index contributed by atoms with van der Waals surface area (Å²) in [5.74, 6) is 0.0416. The van der Waals surface area contributed by atoms with E-state index in [1.54, 1.807) is 21.3 Å². The van der Waals surface area contributed by atoms with E-state index in [2.05, 4.69) is 0 Å². The molecule has 0 saturated heterocycles. The molecule has 0 heterocycles. The van der Waals surface area contributed by atoms with Crippen molar-refractivity contribution in [1.82, 2.24) is 0 Å². The molecule has 4 heteroatoms. The lowest BCUT2D eigenvalue weighted by Crippen LogP contribution is -2.36. The van der Waals surface area contributed by atoms with Gasteiger partial charge in [-0.05, 0) is 0 Å². The first kappa shape index (κ1) is 10.9. The van der Waals surface area contributed by atoms with Gasteiger partial charge in [0.1, 0.15) is 12.2 Å². The third kappa shape index (κ3) is 1.72. The van der Waals surface area contributed by atoms with E-state index in [4.69, 9.17) is 14.2 Å². The molecule has 0 bridgehead atoms. The highest BCUT2D eigenvalue weighted by molar-refractivity contribution is 4.98. The topological polar surface area (TPSA) is 47.9 Å². The fraction of sp³-hybridized carbons (Fsp3) is 1.00. The summed E-state index contributed by atoms with van der Waals surface area (Å²) >= 11 is 0. The fourth-order valence-corrected chi connectivity index (χ4v) is 2.06. The monoisotopic (exact) mass is 190 g/mol. The maximum atomic E-state index is 9.78. The number of hydrogen-bond acceptors (Lipinski definition) is 4. The SMILES string of the molecule is CO[C@H]1[C@H](OC)C(C)C(O)[C@@H]1OC. The summed E-state index contributed by atoms with van der Waals surface area (Å²) in [7, 11) is 4.80. The van der Waals surface area contributed by atoms with Crippen LogP contribution in [0.2, 0.25) is 0 Å². The highest BCUT2D eigenvalue weighted by Crippen LogP contribution is 2.32. The lowest BCUT2D eigenvalue weighted by Gasteiger charge is -2.22. The maximum absolute atomic E-state index is 9.78. The first-order valence-corrected chi connectivity index (χ1v) is 4.43. The number of methoxy groups -OCH3 is 3. The van der Waals surface area contributed by atoms with Crippen LogP contribution in [0.3, 0.4) is 0 Å². The Labute approximate surface area is 78.8 Å². The molecule has 1 aliphatic carbocycles. The van der Waals surface area contributed by atoms with Crippen molar-refractivity contribution in [3.63, 3.8) is 0 Å². The average Bonchev–Trinajstić information content (AvgIpc) is 2.38. The van der Waals surface area contributed by atoms with Crippen LogP contribution in [0.15, 0.2) is 0 Å². The van der Waals surface area contributed by atoms with Gasteiger partial charge in [0.2, 0.25) is 0 Å². The quantitative estimate of drug-likeness (QED) is 0.682. The molecular weight excluding hydrogens is 172 g/mol. The zero-order valence-corrected chi connectivity index (χ0v) is 8.56. The maximum Gasteiger partial charge on any atom is 0.112 e. The Morgan fingerprint density at radius 1 is 0.846 bits per heavy atom. The van der Waals surface area contributed by atoms with Gasteiger partial charge in [0, 0.05) is 27.2 Å². The van der Waals surface area contributed by atoms with Crippen molar-refractivity contribution in [1.29, 1.82) is 0 Å². The molecule has 0 aromatic carbocycles. The third-order valence-corrected chi connectivity index (χ3v) is 2.86. The molecule has 0 aromatic heterocycles. The molecule has 1 rings (SSSR count). The number of aliphatic hydroxyl groups excluding tert-OH is 1. The van der Waals surface area contributed by atoms with E-state index in [0.29, 0.717) is 0 Å². The van der Waals surface area contributed by atoms with Crippen LogP contribution in [-0.2, 0) is 14.2 Å². The molecule has 1 N–H and O–H groups in total. The summed E-state index contributed by atoms with van der Waals surface area (Å²) in [5.41, 5.74) is 0. The number of hydrogen-bond donors (Lipinski definition) is 1.